The van der Waals surface area contributed by atoms with Crippen LogP contribution in [0.1, 0.15) is 24.8 Å². The van der Waals surface area contributed by atoms with E-state index >= 15 is 0 Å². The Labute approximate surface area is 119 Å². The maximum atomic E-state index is 11.2. The van der Waals surface area contributed by atoms with Crippen LogP contribution in [0, 0.1) is 0 Å². The molecule has 0 bridgehead atoms. The molecule has 0 heterocycles. The Balaban J connectivity index is 2.34. The molecule has 112 valence electrons. The van der Waals surface area contributed by atoms with E-state index in [0.29, 0.717) is 13.0 Å². The number of esters is 1. The summed E-state index contributed by atoms with van der Waals surface area (Å²) in [6, 6.07) is 6.89. The minimum atomic E-state index is -0.634. The molecule has 0 saturated heterocycles. The first-order chi connectivity index (χ1) is 9.67. The van der Waals surface area contributed by atoms with Gasteiger partial charge in [-0.2, -0.15) is 0 Å². The predicted octanol–water partition coefficient (Wildman–Crippen LogP) is 1.27. The third kappa shape index (κ3) is 6.04. The summed E-state index contributed by atoms with van der Waals surface area (Å²) in [5, 5.41) is 8.66. The fourth-order valence-electron chi connectivity index (χ4n) is 1.79. The van der Waals surface area contributed by atoms with Crippen LogP contribution in [0.2, 0.25) is 0 Å². The third-order valence-corrected chi connectivity index (χ3v) is 2.95. The maximum Gasteiger partial charge on any atom is 0.322 e. The van der Waals surface area contributed by atoms with Crippen molar-refractivity contribution in [2.24, 2.45) is 5.73 Å². The van der Waals surface area contributed by atoms with Gasteiger partial charge in [0, 0.05) is 6.61 Å². The maximum absolute atomic E-state index is 11.2. The first kappa shape index (κ1) is 16.5. The molecule has 5 heteroatoms. The average molecular weight is 281 g/mol. The molecule has 0 aliphatic carbocycles. The Morgan fingerprint density at radius 3 is 2.55 bits per heavy atom. The van der Waals surface area contributed by atoms with Crippen molar-refractivity contribution in [2.45, 2.75) is 31.7 Å². The van der Waals surface area contributed by atoms with Gasteiger partial charge in [0.1, 0.15) is 11.8 Å². The molecule has 5 nitrogen and oxygen atoms in total. The summed E-state index contributed by atoms with van der Waals surface area (Å²) in [6.45, 7) is 0.871. The Kier molecular flexibility index (Phi) is 7.69. The number of carbonyl (C=O) groups excluding carboxylic acids is 1. The van der Waals surface area contributed by atoms with E-state index in [2.05, 4.69) is 4.74 Å². The van der Waals surface area contributed by atoms with Crippen LogP contribution in [0.15, 0.2) is 24.3 Å². The molecule has 0 saturated carbocycles. The van der Waals surface area contributed by atoms with E-state index in [0.717, 1.165) is 30.6 Å². The molecule has 20 heavy (non-hydrogen) atoms. The lowest BCUT2D eigenvalue weighted by Crippen LogP contribution is -2.33. The van der Waals surface area contributed by atoms with E-state index in [9.17, 15) is 4.79 Å². The lowest BCUT2D eigenvalue weighted by molar-refractivity contribution is -0.142. The highest BCUT2D eigenvalue weighted by Gasteiger charge is 2.13. The van der Waals surface area contributed by atoms with Gasteiger partial charge in [-0.25, -0.2) is 0 Å². The summed E-state index contributed by atoms with van der Waals surface area (Å²) < 4.78 is 10.2. The molecular formula is C15H23NO4. The van der Waals surface area contributed by atoms with Crippen molar-refractivity contribution in [2.75, 3.05) is 20.3 Å². The van der Waals surface area contributed by atoms with Gasteiger partial charge in [-0.1, -0.05) is 12.1 Å². The zero-order valence-electron chi connectivity index (χ0n) is 11.9. The van der Waals surface area contributed by atoms with E-state index in [-0.39, 0.29) is 6.61 Å². The van der Waals surface area contributed by atoms with Gasteiger partial charge >= 0.3 is 5.97 Å². The molecule has 0 spiro atoms. The van der Waals surface area contributed by atoms with Gasteiger partial charge in [0.2, 0.25) is 0 Å². The lowest BCUT2D eigenvalue weighted by Gasteiger charge is -2.10. The first-order valence-corrected chi connectivity index (χ1v) is 6.83. The van der Waals surface area contributed by atoms with Crippen LogP contribution in [0.5, 0.6) is 5.75 Å². The topological polar surface area (TPSA) is 81.8 Å². The number of benzene rings is 1. The minimum absolute atomic E-state index is 0.231. The van der Waals surface area contributed by atoms with Gasteiger partial charge in [-0.05, 0) is 43.4 Å². The SMILES string of the molecule is COC(=O)C(N)Cc1ccc(OCCCCCO)cc1. The highest BCUT2D eigenvalue weighted by Crippen LogP contribution is 2.14. The molecule has 1 rings (SSSR count). The minimum Gasteiger partial charge on any atom is -0.494 e. The number of methoxy groups -OCH3 is 1. The summed E-state index contributed by atoms with van der Waals surface area (Å²) in [5.74, 6) is 0.388. The van der Waals surface area contributed by atoms with E-state index in [1.54, 1.807) is 0 Å². The van der Waals surface area contributed by atoms with E-state index in [1.807, 2.05) is 24.3 Å². The average Bonchev–Trinajstić information content (AvgIpc) is 2.47. The number of carbonyl (C=O) groups is 1. The fourth-order valence-corrected chi connectivity index (χ4v) is 1.79. The summed E-state index contributed by atoms with van der Waals surface area (Å²) in [5.41, 5.74) is 6.67. The van der Waals surface area contributed by atoms with Crippen molar-refractivity contribution in [3.63, 3.8) is 0 Å². The smallest absolute Gasteiger partial charge is 0.322 e. The molecular weight excluding hydrogens is 258 g/mol. The van der Waals surface area contributed by atoms with E-state index in [4.69, 9.17) is 15.6 Å². The number of nitrogens with two attached hydrogens (primary N) is 1. The molecule has 1 unspecified atom stereocenters. The monoisotopic (exact) mass is 281 g/mol. The Hall–Kier alpha value is -1.59. The largest absolute Gasteiger partial charge is 0.494 e. The predicted molar refractivity (Wildman–Crippen MR) is 76.6 cm³/mol. The van der Waals surface area contributed by atoms with Gasteiger partial charge in [0.15, 0.2) is 0 Å². The van der Waals surface area contributed by atoms with Gasteiger partial charge < -0.3 is 20.3 Å². The quantitative estimate of drug-likeness (QED) is 0.526. The van der Waals surface area contributed by atoms with Gasteiger partial charge in [0.25, 0.3) is 0 Å². The van der Waals surface area contributed by atoms with Gasteiger partial charge in [-0.3, -0.25) is 4.79 Å². The summed E-state index contributed by atoms with van der Waals surface area (Å²) in [7, 11) is 1.33. The number of ether oxygens (including phenoxy) is 2. The molecule has 0 amide bonds. The van der Waals surface area contributed by atoms with Gasteiger partial charge in [0.05, 0.1) is 13.7 Å². The molecule has 0 aromatic heterocycles. The summed E-state index contributed by atoms with van der Waals surface area (Å²) in [4.78, 5) is 11.2. The molecule has 1 atom stereocenters. The normalized spacial score (nSPS) is 11.9. The number of aliphatic hydroxyl groups excluding tert-OH is 1. The first-order valence-electron chi connectivity index (χ1n) is 6.83. The van der Waals surface area contributed by atoms with Crippen molar-refractivity contribution in [3.05, 3.63) is 29.8 Å². The van der Waals surface area contributed by atoms with Crippen molar-refractivity contribution >= 4 is 5.97 Å². The number of rotatable bonds is 9. The fraction of sp³-hybridized carbons (Fsp3) is 0.533. The number of unbranched alkanes of at least 4 members (excludes halogenated alkanes) is 2. The summed E-state index contributed by atoms with van der Waals surface area (Å²) in [6.07, 6.45) is 3.15. The van der Waals surface area contributed by atoms with Crippen molar-refractivity contribution in [3.8, 4) is 5.75 Å². The highest BCUT2D eigenvalue weighted by molar-refractivity contribution is 5.75. The van der Waals surface area contributed by atoms with Crippen molar-refractivity contribution < 1.29 is 19.4 Å². The molecule has 0 radical (unpaired) electrons. The second-order valence-electron chi connectivity index (χ2n) is 4.61. The molecule has 0 aliphatic rings. The van der Waals surface area contributed by atoms with Crippen LogP contribution in [0.3, 0.4) is 0 Å². The van der Waals surface area contributed by atoms with E-state index in [1.165, 1.54) is 7.11 Å². The molecule has 1 aromatic rings. The zero-order valence-corrected chi connectivity index (χ0v) is 11.9. The van der Waals surface area contributed by atoms with Crippen LogP contribution >= 0.6 is 0 Å². The molecule has 1 aromatic carbocycles. The molecule has 0 fully saturated rings. The van der Waals surface area contributed by atoms with Crippen LogP contribution in [-0.4, -0.2) is 37.4 Å². The van der Waals surface area contributed by atoms with Crippen LogP contribution in [-0.2, 0) is 16.0 Å². The number of hydrogen-bond donors (Lipinski definition) is 2. The van der Waals surface area contributed by atoms with E-state index < -0.39 is 12.0 Å². The Bertz CT molecular complexity index is 391. The summed E-state index contributed by atoms with van der Waals surface area (Å²) >= 11 is 0. The second kappa shape index (κ2) is 9.34. The third-order valence-electron chi connectivity index (χ3n) is 2.95. The van der Waals surface area contributed by atoms with Crippen LogP contribution in [0.4, 0.5) is 0 Å². The van der Waals surface area contributed by atoms with Crippen molar-refractivity contribution in [1.29, 1.82) is 0 Å². The van der Waals surface area contributed by atoms with Crippen molar-refractivity contribution in [1.82, 2.24) is 0 Å². The second-order valence-corrected chi connectivity index (χ2v) is 4.61. The zero-order chi connectivity index (χ0) is 14.8. The highest BCUT2D eigenvalue weighted by atomic mass is 16.5. The van der Waals surface area contributed by atoms with Crippen LogP contribution in [0.25, 0.3) is 0 Å². The molecule has 3 N–H and O–H groups in total. The Morgan fingerprint density at radius 2 is 1.95 bits per heavy atom. The standard InChI is InChI=1S/C15H23NO4/c1-19-15(18)14(16)11-12-5-7-13(8-6-12)20-10-4-2-3-9-17/h5-8,14,17H,2-4,9-11,16H2,1H3. The number of hydrogen-bond acceptors (Lipinski definition) is 5. The Morgan fingerprint density at radius 1 is 1.25 bits per heavy atom. The number of aliphatic hydroxyl groups is 1. The van der Waals surface area contributed by atoms with Crippen LogP contribution < -0.4 is 10.5 Å². The lowest BCUT2D eigenvalue weighted by atomic mass is 10.1. The van der Waals surface area contributed by atoms with Gasteiger partial charge in [-0.15, -0.1) is 0 Å². The molecule has 0 aliphatic heterocycles.